The molecule has 6 nitrogen and oxygen atoms in total. The molecule has 1 fully saturated rings. The predicted molar refractivity (Wildman–Crippen MR) is 73.4 cm³/mol. The zero-order valence-electron chi connectivity index (χ0n) is 12.1. The Bertz CT molecular complexity index is 681. The van der Waals surface area contributed by atoms with Crippen molar-refractivity contribution in [1.82, 2.24) is 15.1 Å². The Balaban J connectivity index is 1.86. The van der Waals surface area contributed by atoms with Gasteiger partial charge in [-0.2, -0.15) is 18.2 Å². The van der Waals surface area contributed by atoms with Crippen LogP contribution < -0.4 is 10.5 Å². The molecule has 0 radical (unpaired) electrons. The highest BCUT2D eigenvalue weighted by atomic mass is 19.4. The van der Waals surface area contributed by atoms with Crippen molar-refractivity contribution in [2.24, 2.45) is 5.73 Å². The second-order valence-electron chi connectivity index (χ2n) is 5.54. The molecule has 0 aromatic carbocycles. The summed E-state index contributed by atoms with van der Waals surface area (Å²) in [5, 5.41) is 3.87. The summed E-state index contributed by atoms with van der Waals surface area (Å²) in [6, 6.07) is 2.83. The molecule has 0 atom stereocenters. The normalized spacial score (nSPS) is 17.4. The summed E-state index contributed by atoms with van der Waals surface area (Å²) in [5.41, 5.74) is 5.66. The standard InChI is InChI=1S/C14H15F3N4O2/c15-14(16,17)8-22-9-4-3-7-19-10(9)11-20-12(21-23-11)13(18)5-1-2-6-13/h3-4,7H,1-2,5-6,8,18H2. The number of alkyl halides is 3. The molecule has 0 amide bonds. The van der Waals surface area contributed by atoms with Gasteiger partial charge in [-0.3, -0.25) is 0 Å². The minimum absolute atomic E-state index is 0.00509. The lowest BCUT2D eigenvalue weighted by molar-refractivity contribution is -0.153. The maximum atomic E-state index is 12.3. The summed E-state index contributed by atoms with van der Waals surface area (Å²) < 4.78 is 46.9. The molecule has 1 aliphatic rings. The Kier molecular flexibility index (Phi) is 3.97. The molecule has 0 bridgehead atoms. The van der Waals surface area contributed by atoms with Crippen molar-refractivity contribution in [2.75, 3.05) is 6.61 Å². The van der Waals surface area contributed by atoms with Crippen LogP contribution in [0.5, 0.6) is 5.75 Å². The lowest BCUT2D eigenvalue weighted by Crippen LogP contribution is -2.34. The Morgan fingerprint density at radius 1 is 1.30 bits per heavy atom. The topological polar surface area (TPSA) is 87.1 Å². The maximum Gasteiger partial charge on any atom is 0.422 e. The van der Waals surface area contributed by atoms with Crippen molar-refractivity contribution in [2.45, 2.75) is 37.4 Å². The van der Waals surface area contributed by atoms with Gasteiger partial charge in [0.25, 0.3) is 5.89 Å². The van der Waals surface area contributed by atoms with E-state index in [0.717, 1.165) is 25.7 Å². The van der Waals surface area contributed by atoms with E-state index in [0.29, 0.717) is 5.82 Å². The monoisotopic (exact) mass is 328 g/mol. The SMILES string of the molecule is NC1(c2noc(-c3ncccc3OCC(F)(F)F)n2)CCCC1. The van der Waals surface area contributed by atoms with Crippen molar-refractivity contribution in [3.63, 3.8) is 0 Å². The summed E-state index contributed by atoms with van der Waals surface area (Å²) in [4.78, 5) is 8.20. The van der Waals surface area contributed by atoms with Gasteiger partial charge < -0.3 is 15.0 Å². The van der Waals surface area contributed by atoms with E-state index in [9.17, 15) is 13.2 Å². The maximum absolute atomic E-state index is 12.3. The van der Waals surface area contributed by atoms with Gasteiger partial charge >= 0.3 is 6.18 Å². The molecule has 23 heavy (non-hydrogen) atoms. The van der Waals surface area contributed by atoms with Crippen LogP contribution in [-0.4, -0.2) is 27.9 Å². The van der Waals surface area contributed by atoms with Crippen molar-refractivity contribution in [1.29, 1.82) is 0 Å². The molecule has 9 heteroatoms. The van der Waals surface area contributed by atoms with Gasteiger partial charge in [0, 0.05) is 6.20 Å². The van der Waals surface area contributed by atoms with E-state index in [2.05, 4.69) is 15.1 Å². The molecule has 3 rings (SSSR count). The highest BCUT2D eigenvalue weighted by molar-refractivity contribution is 5.56. The van der Waals surface area contributed by atoms with Crippen LogP contribution in [0, 0.1) is 0 Å². The van der Waals surface area contributed by atoms with E-state index in [4.69, 9.17) is 15.0 Å². The van der Waals surface area contributed by atoms with Gasteiger partial charge in [0.1, 0.15) is 0 Å². The van der Waals surface area contributed by atoms with Gasteiger partial charge in [-0.1, -0.05) is 18.0 Å². The average molecular weight is 328 g/mol. The van der Waals surface area contributed by atoms with E-state index in [1.807, 2.05) is 0 Å². The average Bonchev–Trinajstić information content (AvgIpc) is 3.14. The third-order valence-electron chi connectivity index (χ3n) is 3.73. The molecule has 1 aliphatic carbocycles. The summed E-state index contributed by atoms with van der Waals surface area (Å²) in [7, 11) is 0. The molecule has 0 spiro atoms. The number of hydrogen-bond acceptors (Lipinski definition) is 6. The number of rotatable bonds is 4. The zero-order valence-corrected chi connectivity index (χ0v) is 12.1. The van der Waals surface area contributed by atoms with Crippen molar-refractivity contribution in [3.8, 4) is 17.3 Å². The summed E-state index contributed by atoms with van der Waals surface area (Å²) >= 11 is 0. The highest BCUT2D eigenvalue weighted by Gasteiger charge is 2.36. The minimum Gasteiger partial charge on any atom is -0.482 e. The molecule has 2 aromatic heterocycles. The molecule has 124 valence electrons. The van der Waals surface area contributed by atoms with Gasteiger partial charge in [0.15, 0.2) is 23.9 Å². The third-order valence-corrected chi connectivity index (χ3v) is 3.73. The van der Waals surface area contributed by atoms with Gasteiger partial charge in [-0.05, 0) is 25.0 Å². The fourth-order valence-electron chi connectivity index (χ4n) is 2.58. The number of aromatic nitrogens is 3. The Hall–Kier alpha value is -2.16. The molecule has 2 N–H and O–H groups in total. The predicted octanol–water partition coefficient (Wildman–Crippen LogP) is 2.80. The van der Waals surface area contributed by atoms with Crippen LogP contribution in [0.4, 0.5) is 13.2 Å². The van der Waals surface area contributed by atoms with Crippen LogP contribution in [0.15, 0.2) is 22.9 Å². The second kappa shape index (κ2) is 5.80. The van der Waals surface area contributed by atoms with E-state index in [1.54, 1.807) is 0 Å². The highest BCUT2D eigenvalue weighted by Crippen LogP contribution is 2.36. The zero-order chi connectivity index (χ0) is 16.5. The van der Waals surface area contributed by atoms with E-state index in [-0.39, 0.29) is 17.3 Å². The first-order valence-corrected chi connectivity index (χ1v) is 7.15. The van der Waals surface area contributed by atoms with Crippen LogP contribution in [0.3, 0.4) is 0 Å². The van der Waals surface area contributed by atoms with E-state index in [1.165, 1.54) is 18.3 Å². The van der Waals surface area contributed by atoms with Crippen LogP contribution in [0.1, 0.15) is 31.5 Å². The molecule has 0 aliphatic heterocycles. The fraction of sp³-hybridized carbons (Fsp3) is 0.500. The molecular formula is C14H15F3N4O2. The first-order chi connectivity index (χ1) is 10.9. The van der Waals surface area contributed by atoms with Gasteiger partial charge in [0.05, 0.1) is 5.54 Å². The lowest BCUT2D eigenvalue weighted by Gasteiger charge is -2.17. The summed E-state index contributed by atoms with van der Waals surface area (Å²) in [6.45, 7) is -1.42. The molecular weight excluding hydrogens is 313 g/mol. The number of nitrogens with two attached hydrogens (primary N) is 1. The number of nitrogens with zero attached hydrogens (tertiary/aromatic N) is 3. The van der Waals surface area contributed by atoms with Crippen LogP contribution in [-0.2, 0) is 5.54 Å². The molecule has 2 heterocycles. The summed E-state index contributed by atoms with van der Waals surface area (Å²) in [6.07, 6.45) is 0.400. The first-order valence-electron chi connectivity index (χ1n) is 7.15. The van der Waals surface area contributed by atoms with Crippen molar-refractivity contribution in [3.05, 3.63) is 24.2 Å². The molecule has 2 aromatic rings. The van der Waals surface area contributed by atoms with E-state index < -0.39 is 18.3 Å². The molecule has 1 saturated carbocycles. The third kappa shape index (κ3) is 3.44. The van der Waals surface area contributed by atoms with Crippen LogP contribution in [0.25, 0.3) is 11.6 Å². The Morgan fingerprint density at radius 2 is 2.04 bits per heavy atom. The number of hydrogen-bond donors (Lipinski definition) is 1. The number of pyridine rings is 1. The Labute approximate surface area is 129 Å². The smallest absolute Gasteiger partial charge is 0.422 e. The first kappa shape index (κ1) is 15.7. The molecule has 0 unspecified atom stereocenters. The quantitative estimate of drug-likeness (QED) is 0.928. The molecule has 0 saturated heterocycles. The van der Waals surface area contributed by atoms with Gasteiger partial charge in [-0.15, -0.1) is 0 Å². The minimum atomic E-state index is -4.45. The number of ether oxygens (including phenoxy) is 1. The largest absolute Gasteiger partial charge is 0.482 e. The lowest BCUT2D eigenvalue weighted by atomic mass is 9.99. The number of halogens is 3. The van der Waals surface area contributed by atoms with Crippen LogP contribution >= 0.6 is 0 Å². The van der Waals surface area contributed by atoms with Crippen LogP contribution in [0.2, 0.25) is 0 Å². The van der Waals surface area contributed by atoms with Crippen molar-refractivity contribution >= 4 is 0 Å². The van der Waals surface area contributed by atoms with Gasteiger partial charge in [-0.25, -0.2) is 4.98 Å². The summed E-state index contributed by atoms with van der Waals surface area (Å²) in [5.74, 6) is 0.268. The van der Waals surface area contributed by atoms with E-state index >= 15 is 0 Å². The van der Waals surface area contributed by atoms with Gasteiger partial charge in [0.2, 0.25) is 0 Å². The van der Waals surface area contributed by atoms with Crippen molar-refractivity contribution < 1.29 is 22.4 Å². The Morgan fingerprint density at radius 3 is 2.74 bits per heavy atom. The second-order valence-corrected chi connectivity index (χ2v) is 5.54. The fourth-order valence-corrected chi connectivity index (χ4v) is 2.58.